The first-order valence-electron chi connectivity index (χ1n) is 7.06. The van der Waals surface area contributed by atoms with E-state index in [1.54, 1.807) is 0 Å². The number of hydrogen-bond acceptors (Lipinski definition) is 4. The summed E-state index contributed by atoms with van der Waals surface area (Å²) in [5, 5.41) is 2.16. The first kappa shape index (κ1) is 14.2. The number of aryl methyl sites for hydroxylation is 3. The van der Waals surface area contributed by atoms with Crippen LogP contribution in [0.15, 0.2) is 23.7 Å². The van der Waals surface area contributed by atoms with Gasteiger partial charge < -0.3 is 0 Å². The van der Waals surface area contributed by atoms with Gasteiger partial charge in [-0.1, -0.05) is 0 Å². The molecule has 0 N–H and O–H groups in total. The molecule has 0 aliphatic heterocycles. The normalized spacial score (nSPS) is 11.7. The van der Waals surface area contributed by atoms with E-state index in [2.05, 4.69) is 57.7 Å². The van der Waals surface area contributed by atoms with E-state index in [1.165, 1.54) is 21.8 Å². The molecule has 5 heteroatoms. The lowest BCUT2D eigenvalue weighted by molar-refractivity contribution is 0.316. The van der Waals surface area contributed by atoms with Gasteiger partial charge in [0.2, 0.25) is 5.78 Å². The van der Waals surface area contributed by atoms with E-state index in [9.17, 15) is 0 Å². The molecular formula is C16H20N4S. The molecule has 0 saturated heterocycles. The Morgan fingerprint density at radius 3 is 2.76 bits per heavy atom. The Hall–Kier alpha value is -1.72. The van der Waals surface area contributed by atoms with Crippen LogP contribution in [0.3, 0.4) is 0 Å². The molecule has 0 aliphatic carbocycles. The van der Waals surface area contributed by atoms with Gasteiger partial charge in [-0.05, 0) is 50.9 Å². The summed E-state index contributed by atoms with van der Waals surface area (Å²) in [6, 6.07) is 4.28. The highest BCUT2D eigenvalue weighted by atomic mass is 32.1. The van der Waals surface area contributed by atoms with E-state index in [4.69, 9.17) is 0 Å². The summed E-state index contributed by atoms with van der Waals surface area (Å²) in [5.41, 5.74) is 4.76. The van der Waals surface area contributed by atoms with Crippen LogP contribution in [0.2, 0.25) is 0 Å². The summed E-state index contributed by atoms with van der Waals surface area (Å²) in [6.07, 6.45) is 1.94. The van der Waals surface area contributed by atoms with Crippen LogP contribution in [0.25, 0.3) is 5.78 Å². The minimum atomic E-state index is 0.795. The largest absolute Gasteiger partial charge is 0.295 e. The zero-order chi connectivity index (χ0) is 15.0. The number of nitrogens with zero attached hydrogens (tertiary/aromatic N) is 4. The van der Waals surface area contributed by atoms with Crippen molar-refractivity contribution in [2.45, 2.75) is 33.9 Å². The lowest BCUT2D eigenvalue weighted by atomic mass is 10.3. The number of aromatic nitrogens is 3. The van der Waals surface area contributed by atoms with Gasteiger partial charge >= 0.3 is 0 Å². The Morgan fingerprint density at radius 2 is 2.05 bits per heavy atom. The second kappa shape index (κ2) is 5.58. The van der Waals surface area contributed by atoms with Crippen molar-refractivity contribution in [3.05, 3.63) is 51.2 Å². The SMILES string of the molecule is Cc1cc(C)n2c(CN(C)Cc3sccc3C)cnc2n1. The summed E-state index contributed by atoms with van der Waals surface area (Å²) in [4.78, 5) is 12.7. The highest BCUT2D eigenvalue weighted by molar-refractivity contribution is 7.10. The molecular weight excluding hydrogens is 280 g/mol. The number of hydrogen-bond donors (Lipinski definition) is 0. The third-order valence-electron chi connectivity index (χ3n) is 3.68. The summed E-state index contributed by atoms with van der Waals surface area (Å²) in [6.45, 7) is 8.12. The molecule has 3 rings (SSSR count). The maximum absolute atomic E-state index is 4.49. The van der Waals surface area contributed by atoms with Crippen LogP contribution in [0.4, 0.5) is 0 Å². The van der Waals surface area contributed by atoms with Crippen LogP contribution < -0.4 is 0 Å². The fourth-order valence-electron chi connectivity index (χ4n) is 2.65. The van der Waals surface area contributed by atoms with E-state index in [0.717, 1.165) is 24.6 Å². The van der Waals surface area contributed by atoms with Crippen molar-refractivity contribution < 1.29 is 0 Å². The average molecular weight is 300 g/mol. The highest BCUT2D eigenvalue weighted by Gasteiger charge is 2.11. The Bertz CT molecular complexity index is 772. The number of imidazole rings is 1. The molecule has 3 aromatic rings. The van der Waals surface area contributed by atoms with E-state index in [-0.39, 0.29) is 0 Å². The van der Waals surface area contributed by atoms with Gasteiger partial charge in [-0.25, -0.2) is 9.97 Å². The highest BCUT2D eigenvalue weighted by Crippen LogP contribution is 2.19. The van der Waals surface area contributed by atoms with Crippen LogP contribution in [0.1, 0.15) is 27.5 Å². The Balaban J connectivity index is 1.83. The molecule has 0 unspecified atom stereocenters. The van der Waals surface area contributed by atoms with Gasteiger partial charge in [0.15, 0.2) is 0 Å². The molecule has 0 aliphatic rings. The van der Waals surface area contributed by atoms with Gasteiger partial charge in [0.1, 0.15) is 0 Å². The minimum Gasteiger partial charge on any atom is -0.295 e. The fourth-order valence-corrected chi connectivity index (χ4v) is 3.64. The van der Waals surface area contributed by atoms with Crippen molar-refractivity contribution in [2.24, 2.45) is 0 Å². The van der Waals surface area contributed by atoms with E-state index in [1.807, 2.05) is 24.5 Å². The summed E-state index contributed by atoms with van der Waals surface area (Å²) < 4.78 is 2.14. The van der Waals surface area contributed by atoms with Crippen LogP contribution in [-0.2, 0) is 13.1 Å². The molecule has 0 fully saturated rings. The van der Waals surface area contributed by atoms with Gasteiger partial charge in [0, 0.05) is 29.4 Å². The smallest absolute Gasteiger partial charge is 0.234 e. The number of thiophene rings is 1. The first-order valence-corrected chi connectivity index (χ1v) is 7.94. The molecule has 0 amide bonds. The average Bonchev–Trinajstić information content (AvgIpc) is 2.97. The third-order valence-corrected chi connectivity index (χ3v) is 4.68. The molecule has 3 aromatic heterocycles. The summed E-state index contributed by atoms with van der Waals surface area (Å²) in [7, 11) is 2.15. The van der Waals surface area contributed by atoms with Gasteiger partial charge in [-0.3, -0.25) is 9.30 Å². The monoisotopic (exact) mass is 300 g/mol. The van der Waals surface area contributed by atoms with Crippen LogP contribution in [0, 0.1) is 20.8 Å². The van der Waals surface area contributed by atoms with Crippen molar-refractivity contribution in [1.82, 2.24) is 19.3 Å². The molecule has 0 bridgehead atoms. The van der Waals surface area contributed by atoms with Crippen LogP contribution in [0.5, 0.6) is 0 Å². The second-order valence-electron chi connectivity index (χ2n) is 5.62. The molecule has 0 spiro atoms. The molecule has 0 radical (unpaired) electrons. The van der Waals surface area contributed by atoms with Gasteiger partial charge in [0.25, 0.3) is 0 Å². The maximum atomic E-state index is 4.49. The van der Waals surface area contributed by atoms with Crippen molar-refractivity contribution >= 4 is 17.1 Å². The van der Waals surface area contributed by atoms with Gasteiger partial charge in [0.05, 0.1) is 11.9 Å². The topological polar surface area (TPSA) is 33.4 Å². The van der Waals surface area contributed by atoms with Gasteiger partial charge in [-0.15, -0.1) is 11.3 Å². The van der Waals surface area contributed by atoms with E-state index in [0.29, 0.717) is 0 Å². The number of fused-ring (bicyclic) bond motifs is 1. The Labute approximate surface area is 129 Å². The van der Waals surface area contributed by atoms with Crippen molar-refractivity contribution in [1.29, 1.82) is 0 Å². The molecule has 21 heavy (non-hydrogen) atoms. The maximum Gasteiger partial charge on any atom is 0.234 e. The van der Waals surface area contributed by atoms with Crippen LogP contribution in [-0.4, -0.2) is 26.3 Å². The molecule has 3 heterocycles. The van der Waals surface area contributed by atoms with Crippen molar-refractivity contribution in [2.75, 3.05) is 7.05 Å². The Kier molecular flexibility index (Phi) is 3.78. The van der Waals surface area contributed by atoms with Crippen LogP contribution >= 0.6 is 11.3 Å². The first-order chi connectivity index (χ1) is 10.0. The fraction of sp³-hybridized carbons (Fsp3) is 0.375. The van der Waals surface area contributed by atoms with E-state index >= 15 is 0 Å². The number of rotatable bonds is 4. The van der Waals surface area contributed by atoms with Gasteiger partial charge in [-0.2, -0.15) is 0 Å². The summed E-state index contributed by atoms with van der Waals surface area (Å²) >= 11 is 1.82. The molecule has 0 saturated carbocycles. The van der Waals surface area contributed by atoms with E-state index < -0.39 is 0 Å². The summed E-state index contributed by atoms with van der Waals surface area (Å²) in [5.74, 6) is 0.795. The molecule has 110 valence electrons. The Morgan fingerprint density at radius 1 is 1.24 bits per heavy atom. The predicted molar refractivity (Wildman–Crippen MR) is 86.7 cm³/mol. The molecule has 4 nitrogen and oxygen atoms in total. The quantitative estimate of drug-likeness (QED) is 0.741. The molecule has 0 atom stereocenters. The zero-order valence-corrected chi connectivity index (χ0v) is 13.7. The predicted octanol–water partition coefficient (Wildman–Crippen LogP) is 3.35. The minimum absolute atomic E-state index is 0.795. The third kappa shape index (κ3) is 2.84. The second-order valence-corrected chi connectivity index (χ2v) is 6.62. The standard InChI is InChI=1S/C16H20N4S/c1-11-5-6-21-15(11)10-19(4)9-14-8-17-16-18-12(2)7-13(3)20(14)16/h5-8H,9-10H2,1-4H3. The van der Waals surface area contributed by atoms with Crippen molar-refractivity contribution in [3.8, 4) is 0 Å². The zero-order valence-electron chi connectivity index (χ0n) is 12.9. The lowest BCUT2D eigenvalue weighted by Crippen LogP contribution is -2.18. The lowest BCUT2D eigenvalue weighted by Gasteiger charge is -2.16. The van der Waals surface area contributed by atoms with Crippen molar-refractivity contribution in [3.63, 3.8) is 0 Å². The molecule has 0 aromatic carbocycles.